The van der Waals surface area contributed by atoms with Crippen molar-refractivity contribution in [3.8, 4) is 0 Å². The summed E-state index contributed by atoms with van der Waals surface area (Å²) in [6.07, 6.45) is 5.06. The van der Waals surface area contributed by atoms with Crippen molar-refractivity contribution >= 4 is 22.4 Å². The molecule has 88 valence electrons. The Labute approximate surface area is 98.9 Å². The molecule has 4 nitrogen and oxygen atoms in total. The summed E-state index contributed by atoms with van der Waals surface area (Å²) in [5.74, 6) is -0.819. The molecule has 0 unspecified atom stereocenters. The van der Waals surface area contributed by atoms with E-state index in [1.165, 1.54) is 37.0 Å². The lowest BCUT2D eigenvalue weighted by Crippen LogP contribution is -2.28. The van der Waals surface area contributed by atoms with E-state index in [-0.39, 0.29) is 6.42 Å². The second kappa shape index (κ2) is 4.82. The van der Waals surface area contributed by atoms with Crippen molar-refractivity contribution in [3.05, 3.63) is 11.1 Å². The zero-order valence-electron chi connectivity index (χ0n) is 9.35. The number of carboxylic acids is 1. The van der Waals surface area contributed by atoms with Crippen LogP contribution in [0.1, 0.15) is 31.4 Å². The lowest BCUT2D eigenvalue weighted by molar-refractivity contribution is -0.136. The van der Waals surface area contributed by atoms with Gasteiger partial charge in [0, 0.05) is 18.5 Å². The fourth-order valence-electron chi connectivity index (χ4n) is 2.14. The van der Waals surface area contributed by atoms with Crippen LogP contribution in [0.4, 0.5) is 5.13 Å². The summed E-state index contributed by atoms with van der Waals surface area (Å²) in [5, 5.41) is 11.5. The van der Waals surface area contributed by atoms with E-state index < -0.39 is 5.97 Å². The van der Waals surface area contributed by atoms with Gasteiger partial charge in [0.25, 0.3) is 0 Å². The number of anilines is 1. The Bertz CT molecular complexity index is 372. The molecule has 1 N–H and O–H groups in total. The summed E-state index contributed by atoms with van der Waals surface area (Å²) in [7, 11) is 2.05. The third-order valence-corrected chi connectivity index (χ3v) is 4.03. The smallest absolute Gasteiger partial charge is 0.309 e. The molecule has 0 spiro atoms. The largest absolute Gasteiger partial charge is 0.481 e. The number of rotatable bonds is 4. The summed E-state index contributed by atoms with van der Waals surface area (Å²) in [6, 6.07) is 0.587. The summed E-state index contributed by atoms with van der Waals surface area (Å²) in [5.41, 5.74) is 0.664. The van der Waals surface area contributed by atoms with Gasteiger partial charge in [-0.2, -0.15) is 0 Å². The Morgan fingerprint density at radius 3 is 2.94 bits per heavy atom. The molecule has 1 aromatic rings. The maximum Gasteiger partial charge on any atom is 0.309 e. The molecule has 1 saturated carbocycles. The molecule has 0 radical (unpaired) electrons. The molecule has 0 bridgehead atoms. The van der Waals surface area contributed by atoms with Crippen LogP contribution in [0.2, 0.25) is 0 Å². The highest BCUT2D eigenvalue weighted by Crippen LogP contribution is 2.29. The predicted octanol–water partition coefficient (Wildman–Crippen LogP) is 2.15. The number of aliphatic carboxylic acids is 1. The Morgan fingerprint density at radius 1 is 1.62 bits per heavy atom. The summed E-state index contributed by atoms with van der Waals surface area (Å²) < 4.78 is 0. The minimum absolute atomic E-state index is 0.0228. The van der Waals surface area contributed by atoms with Gasteiger partial charge in [-0.05, 0) is 12.8 Å². The Kier molecular flexibility index (Phi) is 3.43. The van der Waals surface area contributed by atoms with Crippen molar-refractivity contribution in [1.29, 1.82) is 0 Å². The number of hydrogen-bond acceptors (Lipinski definition) is 4. The minimum Gasteiger partial charge on any atom is -0.481 e. The molecule has 1 fully saturated rings. The topological polar surface area (TPSA) is 53.4 Å². The Morgan fingerprint density at radius 2 is 2.31 bits per heavy atom. The molecule has 1 heterocycles. The number of aromatic nitrogens is 1. The molecular formula is C11H16N2O2S. The second-order valence-corrected chi connectivity index (χ2v) is 5.08. The number of carboxylic acid groups (broad SMARTS) is 1. The predicted molar refractivity (Wildman–Crippen MR) is 64.1 cm³/mol. The van der Waals surface area contributed by atoms with Crippen molar-refractivity contribution in [2.75, 3.05) is 11.9 Å². The maximum absolute atomic E-state index is 10.6. The van der Waals surface area contributed by atoms with Crippen molar-refractivity contribution in [1.82, 2.24) is 4.98 Å². The zero-order chi connectivity index (χ0) is 11.5. The molecule has 0 aromatic carbocycles. The first-order chi connectivity index (χ1) is 7.66. The molecule has 16 heavy (non-hydrogen) atoms. The first-order valence-electron chi connectivity index (χ1n) is 5.56. The third kappa shape index (κ3) is 2.52. The maximum atomic E-state index is 10.6. The van der Waals surface area contributed by atoms with E-state index in [1.54, 1.807) is 0 Å². The molecule has 0 atom stereocenters. The molecule has 0 aliphatic heterocycles. The van der Waals surface area contributed by atoms with Crippen molar-refractivity contribution in [2.24, 2.45) is 0 Å². The van der Waals surface area contributed by atoms with Gasteiger partial charge in [-0.1, -0.05) is 12.8 Å². The zero-order valence-corrected chi connectivity index (χ0v) is 10.2. The van der Waals surface area contributed by atoms with Crippen molar-refractivity contribution < 1.29 is 9.90 Å². The SMILES string of the molecule is CN(c1nc(CC(=O)O)cs1)C1CCCC1. The van der Waals surface area contributed by atoms with Gasteiger partial charge in [0.1, 0.15) is 0 Å². The van der Waals surface area contributed by atoms with E-state index in [4.69, 9.17) is 5.11 Å². The first-order valence-corrected chi connectivity index (χ1v) is 6.44. The Balaban J connectivity index is 2.02. The van der Waals surface area contributed by atoms with Gasteiger partial charge >= 0.3 is 5.97 Å². The van der Waals surface area contributed by atoms with Crippen LogP contribution in [0.25, 0.3) is 0 Å². The van der Waals surface area contributed by atoms with Crippen molar-refractivity contribution in [3.63, 3.8) is 0 Å². The van der Waals surface area contributed by atoms with E-state index in [0.29, 0.717) is 11.7 Å². The van der Waals surface area contributed by atoms with Crippen LogP contribution in [0.15, 0.2) is 5.38 Å². The molecule has 0 amide bonds. The average Bonchev–Trinajstić information content (AvgIpc) is 2.84. The highest BCUT2D eigenvalue weighted by atomic mass is 32.1. The fraction of sp³-hybridized carbons (Fsp3) is 0.636. The quantitative estimate of drug-likeness (QED) is 0.876. The van der Waals surface area contributed by atoms with Crippen LogP contribution in [0.5, 0.6) is 0 Å². The van der Waals surface area contributed by atoms with Crippen LogP contribution < -0.4 is 4.90 Å². The van der Waals surface area contributed by atoms with Gasteiger partial charge in [-0.25, -0.2) is 4.98 Å². The molecule has 5 heteroatoms. The molecule has 0 saturated heterocycles. The van der Waals surface area contributed by atoms with Crippen LogP contribution in [0.3, 0.4) is 0 Å². The summed E-state index contributed by atoms with van der Waals surface area (Å²) >= 11 is 1.54. The lowest BCUT2D eigenvalue weighted by Gasteiger charge is -2.23. The highest BCUT2D eigenvalue weighted by molar-refractivity contribution is 7.13. The monoisotopic (exact) mass is 240 g/mol. The number of thiazole rings is 1. The molecule has 2 rings (SSSR count). The van der Waals surface area contributed by atoms with Gasteiger partial charge in [0.15, 0.2) is 5.13 Å². The average molecular weight is 240 g/mol. The highest BCUT2D eigenvalue weighted by Gasteiger charge is 2.21. The number of hydrogen-bond donors (Lipinski definition) is 1. The van der Waals surface area contributed by atoms with Gasteiger partial charge in [-0.15, -0.1) is 11.3 Å². The molecule has 1 aromatic heterocycles. The normalized spacial score (nSPS) is 16.6. The Hall–Kier alpha value is -1.10. The third-order valence-electron chi connectivity index (χ3n) is 3.05. The standard InChI is InChI=1S/C11H16N2O2S/c1-13(9-4-2-3-5-9)11-12-8(7-16-11)6-10(14)15/h7,9H,2-6H2,1H3,(H,14,15). The minimum atomic E-state index is -0.819. The van der Waals surface area contributed by atoms with Crippen LogP contribution in [0, 0.1) is 0 Å². The number of nitrogens with zero attached hydrogens (tertiary/aromatic N) is 2. The van der Waals surface area contributed by atoms with E-state index in [2.05, 4.69) is 16.9 Å². The van der Waals surface area contributed by atoms with Gasteiger partial charge in [0.05, 0.1) is 12.1 Å². The van der Waals surface area contributed by atoms with Crippen LogP contribution in [-0.2, 0) is 11.2 Å². The first kappa shape index (κ1) is 11.4. The van der Waals surface area contributed by atoms with Gasteiger partial charge in [-0.3, -0.25) is 4.79 Å². The van der Waals surface area contributed by atoms with Gasteiger partial charge < -0.3 is 10.0 Å². The van der Waals surface area contributed by atoms with Gasteiger partial charge in [0.2, 0.25) is 0 Å². The van der Waals surface area contributed by atoms with E-state index >= 15 is 0 Å². The van der Waals surface area contributed by atoms with Crippen LogP contribution >= 0.6 is 11.3 Å². The molecule has 1 aliphatic rings. The van der Waals surface area contributed by atoms with E-state index in [0.717, 1.165) is 5.13 Å². The van der Waals surface area contributed by atoms with Crippen molar-refractivity contribution in [2.45, 2.75) is 38.1 Å². The summed E-state index contributed by atoms with van der Waals surface area (Å²) in [6.45, 7) is 0. The van der Waals surface area contributed by atoms with E-state index in [9.17, 15) is 4.79 Å². The lowest BCUT2D eigenvalue weighted by atomic mass is 10.2. The fourth-order valence-corrected chi connectivity index (χ4v) is 3.00. The van der Waals surface area contributed by atoms with Crippen LogP contribution in [-0.4, -0.2) is 29.1 Å². The van der Waals surface area contributed by atoms with E-state index in [1.807, 2.05) is 5.38 Å². The second-order valence-electron chi connectivity index (χ2n) is 4.24. The number of carbonyl (C=O) groups is 1. The molecular weight excluding hydrogens is 224 g/mol. The summed E-state index contributed by atoms with van der Waals surface area (Å²) in [4.78, 5) is 17.1. The molecule has 1 aliphatic carbocycles.